The standard InChI is InChI=1S/C69H49N/c1-68(52-24-8-3-9-25-52,53-40-37-49(38-41-53)48-21-6-2-7-22-48)56-30-20-23-50(45-56)58-31-14-15-32-59(58)51-39-43-62-61-34-17-19-36-66(61)70(67(62)46-51)57-42-44-65-63(47-57)60-33-16-18-35-64(60)69(65,54-26-10-4-11-27-54)55-28-12-5-13-29-55/h2-47H,1H3/t68-/m0/s1. The number of fused-ring (bicyclic) bond motifs is 6. The third-order valence-electron chi connectivity index (χ3n) is 15.3. The number of aromatic nitrogens is 1. The Morgan fingerprint density at radius 3 is 1.49 bits per heavy atom. The predicted molar refractivity (Wildman–Crippen MR) is 293 cm³/mol. The summed E-state index contributed by atoms with van der Waals surface area (Å²) >= 11 is 0. The highest BCUT2D eigenvalue weighted by atomic mass is 15.0. The molecule has 1 heterocycles. The zero-order chi connectivity index (χ0) is 46.7. The number of para-hydroxylation sites is 1. The molecule has 0 amide bonds. The van der Waals surface area contributed by atoms with E-state index in [2.05, 4.69) is 291 Å². The van der Waals surface area contributed by atoms with Crippen LogP contribution in [0.5, 0.6) is 0 Å². The maximum Gasteiger partial charge on any atom is 0.0713 e. The summed E-state index contributed by atoms with van der Waals surface area (Å²) in [5, 5.41) is 2.48. The molecule has 0 N–H and O–H groups in total. The number of hydrogen-bond acceptors (Lipinski definition) is 0. The Balaban J connectivity index is 0.952. The van der Waals surface area contributed by atoms with Crippen LogP contribution in [0.25, 0.3) is 72.0 Å². The topological polar surface area (TPSA) is 4.93 Å². The lowest BCUT2D eigenvalue weighted by Crippen LogP contribution is -2.28. The summed E-state index contributed by atoms with van der Waals surface area (Å²) in [4.78, 5) is 0. The molecule has 12 aromatic rings. The molecule has 13 rings (SSSR count). The highest BCUT2D eigenvalue weighted by Gasteiger charge is 2.46. The predicted octanol–water partition coefficient (Wildman–Crippen LogP) is 17.5. The van der Waals surface area contributed by atoms with Gasteiger partial charge in [-0.25, -0.2) is 0 Å². The van der Waals surface area contributed by atoms with Gasteiger partial charge in [0.25, 0.3) is 0 Å². The SMILES string of the molecule is C[C@](c1ccccc1)(c1ccc(-c2ccccc2)cc1)c1cccc(-c2ccccc2-c2ccc3c4ccccc4n(-c4ccc5c(c4)-c4ccccc4C5(c4ccccc4)c4ccccc4)c3c2)c1. The number of rotatable bonds is 9. The summed E-state index contributed by atoms with van der Waals surface area (Å²) in [5.41, 5.74) is 21.3. The van der Waals surface area contributed by atoms with Crippen LogP contribution in [0, 0.1) is 0 Å². The Labute approximate surface area is 410 Å². The normalized spacial score (nSPS) is 13.4. The summed E-state index contributed by atoms with van der Waals surface area (Å²) in [6, 6.07) is 103. The zero-order valence-corrected chi connectivity index (χ0v) is 39.0. The van der Waals surface area contributed by atoms with E-state index in [0.717, 1.165) is 5.69 Å². The second kappa shape index (κ2) is 16.8. The Hall–Kier alpha value is -8.78. The van der Waals surface area contributed by atoms with Gasteiger partial charge in [0.15, 0.2) is 0 Å². The van der Waals surface area contributed by atoms with E-state index in [1.54, 1.807) is 0 Å². The van der Waals surface area contributed by atoms with Gasteiger partial charge in [0.2, 0.25) is 0 Å². The second-order valence-electron chi connectivity index (χ2n) is 18.9. The van der Waals surface area contributed by atoms with Gasteiger partial charge in [-0.3, -0.25) is 0 Å². The Morgan fingerprint density at radius 2 is 0.786 bits per heavy atom. The van der Waals surface area contributed by atoms with E-state index < -0.39 is 10.8 Å². The van der Waals surface area contributed by atoms with Crippen LogP contribution in [0.15, 0.2) is 279 Å². The highest BCUT2D eigenvalue weighted by Crippen LogP contribution is 2.56. The molecular formula is C69H49N. The van der Waals surface area contributed by atoms with Gasteiger partial charge < -0.3 is 4.57 Å². The average Bonchev–Trinajstić information content (AvgIpc) is 3.94. The van der Waals surface area contributed by atoms with Crippen molar-refractivity contribution >= 4 is 21.8 Å². The lowest BCUT2D eigenvalue weighted by atomic mass is 9.68. The first-order valence-electron chi connectivity index (χ1n) is 24.4. The molecule has 330 valence electrons. The first-order chi connectivity index (χ1) is 34.6. The molecular weight excluding hydrogens is 843 g/mol. The second-order valence-corrected chi connectivity index (χ2v) is 18.9. The summed E-state index contributed by atoms with van der Waals surface area (Å²) in [7, 11) is 0. The van der Waals surface area contributed by atoms with Gasteiger partial charge >= 0.3 is 0 Å². The monoisotopic (exact) mass is 891 g/mol. The molecule has 1 aromatic heterocycles. The molecule has 0 aliphatic heterocycles. The lowest BCUT2D eigenvalue weighted by Gasteiger charge is -2.33. The molecule has 0 radical (unpaired) electrons. The molecule has 1 atom stereocenters. The van der Waals surface area contributed by atoms with E-state index >= 15 is 0 Å². The molecule has 1 nitrogen and oxygen atoms in total. The van der Waals surface area contributed by atoms with Crippen LogP contribution >= 0.6 is 0 Å². The van der Waals surface area contributed by atoms with Crippen molar-refractivity contribution in [2.75, 3.05) is 0 Å². The van der Waals surface area contributed by atoms with E-state index in [4.69, 9.17) is 0 Å². The van der Waals surface area contributed by atoms with Gasteiger partial charge in [-0.15, -0.1) is 0 Å². The largest absolute Gasteiger partial charge is 0.309 e. The molecule has 1 aliphatic rings. The van der Waals surface area contributed by atoms with Crippen LogP contribution in [0.2, 0.25) is 0 Å². The Morgan fingerprint density at radius 1 is 0.300 bits per heavy atom. The van der Waals surface area contributed by atoms with Crippen LogP contribution in [-0.4, -0.2) is 4.57 Å². The minimum absolute atomic E-state index is 0.403. The molecule has 0 unspecified atom stereocenters. The van der Waals surface area contributed by atoms with E-state index in [1.807, 2.05) is 0 Å². The van der Waals surface area contributed by atoms with Crippen molar-refractivity contribution < 1.29 is 0 Å². The van der Waals surface area contributed by atoms with Crippen LogP contribution in [0.1, 0.15) is 45.9 Å². The van der Waals surface area contributed by atoms with Crippen molar-refractivity contribution in [3.05, 3.63) is 318 Å². The molecule has 70 heavy (non-hydrogen) atoms. The average molecular weight is 892 g/mol. The summed E-state index contributed by atoms with van der Waals surface area (Å²) < 4.78 is 2.49. The van der Waals surface area contributed by atoms with Crippen molar-refractivity contribution in [2.45, 2.75) is 17.8 Å². The number of benzene rings is 11. The third kappa shape index (κ3) is 6.46. The fourth-order valence-electron chi connectivity index (χ4n) is 11.9. The van der Waals surface area contributed by atoms with E-state index in [-0.39, 0.29) is 0 Å². The van der Waals surface area contributed by atoms with Crippen molar-refractivity contribution in [3.63, 3.8) is 0 Å². The fourth-order valence-corrected chi connectivity index (χ4v) is 11.9. The van der Waals surface area contributed by atoms with Crippen LogP contribution in [0.4, 0.5) is 0 Å². The summed E-state index contributed by atoms with van der Waals surface area (Å²) in [5.74, 6) is 0. The van der Waals surface area contributed by atoms with Crippen molar-refractivity contribution in [1.29, 1.82) is 0 Å². The van der Waals surface area contributed by atoms with E-state index in [1.165, 1.54) is 105 Å². The molecule has 1 aliphatic carbocycles. The van der Waals surface area contributed by atoms with Crippen LogP contribution in [-0.2, 0) is 10.8 Å². The zero-order valence-electron chi connectivity index (χ0n) is 39.0. The van der Waals surface area contributed by atoms with Crippen LogP contribution < -0.4 is 0 Å². The molecule has 0 bridgehead atoms. The van der Waals surface area contributed by atoms with Crippen molar-refractivity contribution in [3.8, 4) is 50.2 Å². The van der Waals surface area contributed by atoms with Gasteiger partial charge in [-0.2, -0.15) is 0 Å². The van der Waals surface area contributed by atoms with Gasteiger partial charge in [0.05, 0.1) is 16.4 Å². The van der Waals surface area contributed by atoms with E-state index in [9.17, 15) is 0 Å². The first-order valence-corrected chi connectivity index (χ1v) is 24.4. The van der Waals surface area contributed by atoms with Crippen molar-refractivity contribution in [2.24, 2.45) is 0 Å². The number of nitrogens with zero attached hydrogens (tertiary/aromatic N) is 1. The quantitative estimate of drug-likeness (QED) is 0.127. The summed E-state index contributed by atoms with van der Waals surface area (Å²) in [6.07, 6.45) is 0. The summed E-state index contributed by atoms with van der Waals surface area (Å²) in [6.45, 7) is 2.37. The minimum Gasteiger partial charge on any atom is -0.309 e. The minimum atomic E-state index is -0.451. The van der Waals surface area contributed by atoms with Gasteiger partial charge in [-0.05, 0) is 121 Å². The van der Waals surface area contributed by atoms with Gasteiger partial charge in [-0.1, -0.05) is 249 Å². The van der Waals surface area contributed by atoms with Gasteiger partial charge in [0.1, 0.15) is 0 Å². The maximum atomic E-state index is 2.49. The fraction of sp³-hybridized carbons (Fsp3) is 0.0435. The molecule has 0 spiro atoms. The smallest absolute Gasteiger partial charge is 0.0713 e. The molecule has 0 saturated carbocycles. The maximum absolute atomic E-state index is 2.49. The Bertz CT molecular complexity index is 3830. The van der Waals surface area contributed by atoms with Gasteiger partial charge in [0, 0.05) is 21.9 Å². The number of hydrogen-bond donors (Lipinski definition) is 0. The third-order valence-corrected chi connectivity index (χ3v) is 15.3. The van der Waals surface area contributed by atoms with Crippen molar-refractivity contribution in [1.82, 2.24) is 4.57 Å². The molecule has 0 saturated heterocycles. The highest BCUT2D eigenvalue weighted by molar-refractivity contribution is 6.10. The Kier molecular flexibility index (Phi) is 9.92. The molecule has 0 fully saturated rings. The lowest BCUT2D eigenvalue weighted by molar-refractivity contribution is 0.693. The van der Waals surface area contributed by atoms with Crippen LogP contribution in [0.3, 0.4) is 0 Å². The molecule has 11 aromatic carbocycles. The van der Waals surface area contributed by atoms with E-state index in [0.29, 0.717) is 0 Å². The first kappa shape index (κ1) is 41.4. The molecule has 1 heteroatoms.